The van der Waals surface area contributed by atoms with Crippen LogP contribution in [-0.4, -0.2) is 30.0 Å². The first-order chi connectivity index (χ1) is 11.6. The van der Waals surface area contributed by atoms with Gasteiger partial charge in [0.2, 0.25) is 0 Å². The van der Waals surface area contributed by atoms with Gasteiger partial charge in [0, 0.05) is 42.8 Å². The summed E-state index contributed by atoms with van der Waals surface area (Å²) in [5.41, 5.74) is 3.74. The van der Waals surface area contributed by atoms with Crippen molar-refractivity contribution in [3.8, 4) is 0 Å². The first kappa shape index (κ1) is 15.1. The molecule has 4 rings (SSSR count). The summed E-state index contributed by atoms with van der Waals surface area (Å²) in [6.45, 7) is 1.15. The monoisotopic (exact) mass is 343 g/mol. The molecule has 0 radical (unpaired) electrons. The number of rotatable bonds is 2. The Labute approximate surface area is 143 Å². The zero-order valence-electron chi connectivity index (χ0n) is 12.7. The highest BCUT2D eigenvalue weighted by molar-refractivity contribution is 6.32. The van der Waals surface area contributed by atoms with Crippen LogP contribution < -0.4 is 0 Å². The number of allylic oxidation sites excluding steroid dienone is 2. The van der Waals surface area contributed by atoms with Crippen molar-refractivity contribution in [2.45, 2.75) is 12.3 Å². The molecule has 0 aliphatic carbocycles. The second-order valence-electron chi connectivity index (χ2n) is 5.90. The van der Waals surface area contributed by atoms with Crippen LogP contribution in [0, 0.1) is 16.0 Å². The van der Waals surface area contributed by atoms with E-state index in [-0.39, 0.29) is 22.5 Å². The van der Waals surface area contributed by atoms with Gasteiger partial charge in [-0.25, -0.2) is 0 Å². The van der Waals surface area contributed by atoms with E-state index in [1.165, 1.54) is 0 Å². The van der Waals surface area contributed by atoms with Crippen molar-refractivity contribution in [3.63, 3.8) is 0 Å². The van der Waals surface area contributed by atoms with Gasteiger partial charge < -0.3 is 4.74 Å². The van der Waals surface area contributed by atoms with E-state index >= 15 is 0 Å². The second-order valence-corrected chi connectivity index (χ2v) is 6.30. The topological polar surface area (TPSA) is 77.1 Å². The van der Waals surface area contributed by atoms with Gasteiger partial charge in [0.25, 0.3) is 5.69 Å². The molecule has 2 unspecified atom stereocenters. The van der Waals surface area contributed by atoms with Crippen molar-refractivity contribution in [2.75, 3.05) is 13.2 Å². The lowest BCUT2D eigenvalue weighted by molar-refractivity contribution is -0.384. The second kappa shape index (κ2) is 5.87. The van der Waals surface area contributed by atoms with Crippen molar-refractivity contribution in [1.29, 1.82) is 0 Å². The first-order valence-electron chi connectivity index (χ1n) is 7.67. The summed E-state index contributed by atoms with van der Waals surface area (Å²) in [6, 6.07) is 5.00. The minimum Gasteiger partial charge on any atom is -0.495 e. The zero-order chi connectivity index (χ0) is 16.7. The van der Waals surface area contributed by atoms with Crippen LogP contribution in [0.3, 0.4) is 0 Å². The molecule has 1 aromatic carbocycles. The number of nitro benzene ring substituents is 1. The van der Waals surface area contributed by atoms with Gasteiger partial charge in [-0.15, -0.1) is 0 Å². The van der Waals surface area contributed by atoms with Gasteiger partial charge in [0.05, 0.1) is 16.9 Å². The lowest BCUT2D eigenvalue weighted by Gasteiger charge is -2.35. The summed E-state index contributed by atoms with van der Waals surface area (Å²) in [5, 5.41) is 11.4. The number of hydrogen-bond acceptors (Lipinski definition) is 5. The Bertz CT molecular complexity index is 841. The maximum Gasteiger partial charge on any atom is 0.288 e. The van der Waals surface area contributed by atoms with Gasteiger partial charge >= 0.3 is 0 Å². The van der Waals surface area contributed by atoms with Gasteiger partial charge in [-0.3, -0.25) is 20.1 Å². The first-order valence-corrected chi connectivity index (χ1v) is 8.05. The Morgan fingerprint density at radius 3 is 3.08 bits per heavy atom. The molecule has 0 fully saturated rings. The molecule has 6 nitrogen and oxygen atoms in total. The molecule has 0 bridgehead atoms. The maximum atomic E-state index is 11.2. The maximum absolute atomic E-state index is 11.2. The minimum atomic E-state index is -0.451. The van der Waals surface area contributed by atoms with E-state index in [1.54, 1.807) is 18.4 Å². The van der Waals surface area contributed by atoms with Crippen molar-refractivity contribution in [2.24, 2.45) is 15.9 Å². The van der Waals surface area contributed by atoms with Crippen molar-refractivity contribution >= 4 is 29.2 Å². The van der Waals surface area contributed by atoms with Gasteiger partial charge in [-0.05, 0) is 23.3 Å². The Morgan fingerprint density at radius 1 is 1.38 bits per heavy atom. The average Bonchev–Trinajstić information content (AvgIpc) is 2.60. The Balaban J connectivity index is 1.87. The van der Waals surface area contributed by atoms with E-state index in [4.69, 9.17) is 21.3 Å². The molecule has 0 saturated heterocycles. The third-order valence-electron chi connectivity index (χ3n) is 4.54. The molecule has 3 aliphatic rings. The lowest BCUT2D eigenvalue weighted by atomic mass is 9.74. The molecule has 0 spiro atoms. The molecule has 3 aliphatic heterocycles. The van der Waals surface area contributed by atoms with Gasteiger partial charge in [-0.1, -0.05) is 17.7 Å². The van der Waals surface area contributed by atoms with Gasteiger partial charge in [-0.2, -0.15) is 0 Å². The predicted octanol–water partition coefficient (Wildman–Crippen LogP) is 3.68. The summed E-state index contributed by atoms with van der Waals surface area (Å²) in [4.78, 5) is 19.9. The molecule has 0 saturated carbocycles. The fraction of sp³-hybridized carbons (Fsp3) is 0.294. The van der Waals surface area contributed by atoms with Crippen LogP contribution in [0.15, 0.2) is 51.8 Å². The van der Waals surface area contributed by atoms with Crippen molar-refractivity contribution < 1.29 is 9.66 Å². The largest absolute Gasteiger partial charge is 0.495 e. The molecule has 24 heavy (non-hydrogen) atoms. The van der Waals surface area contributed by atoms with E-state index in [1.807, 2.05) is 18.4 Å². The summed E-state index contributed by atoms with van der Waals surface area (Å²) in [6.07, 6.45) is 6.26. The molecule has 2 atom stereocenters. The minimum absolute atomic E-state index is 0.0148. The molecule has 0 amide bonds. The lowest BCUT2D eigenvalue weighted by Crippen LogP contribution is -2.33. The quantitative estimate of drug-likeness (QED) is 0.607. The van der Waals surface area contributed by atoms with Crippen LogP contribution in [0.1, 0.15) is 17.9 Å². The zero-order valence-corrected chi connectivity index (χ0v) is 13.4. The van der Waals surface area contributed by atoms with Crippen LogP contribution >= 0.6 is 11.6 Å². The van der Waals surface area contributed by atoms with E-state index < -0.39 is 4.92 Å². The molecular weight excluding hydrogens is 330 g/mol. The Kier molecular flexibility index (Phi) is 3.69. The number of fused-ring (bicyclic) bond motifs is 1. The molecule has 122 valence electrons. The van der Waals surface area contributed by atoms with Gasteiger partial charge in [0.1, 0.15) is 11.6 Å². The predicted molar refractivity (Wildman–Crippen MR) is 91.9 cm³/mol. The van der Waals surface area contributed by atoms with Crippen LogP contribution in [0.5, 0.6) is 0 Å². The summed E-state index contributed by atoms with van der Waals surface area (Å²) < 4.78 is 5.38. The molecule has 7 heteroatoms. The average molecular weight is 344 g/mol. The SMILES string of the molecule is O=[N+]([O-])c1cc(C2C3=C(COC=C3)N=C3CCN=CC32)ccc1Cl. The summed E-state index contributed by atoms with van der Waals surface area (Å²) in [7, 11) is 0. The summed E-state index contributed by atoms with van der Waals surface area (Å²) in [5.74, 6) is -0.0475. The van der Waals surface area contributed by atoms with Crippen LogP contribution in [0.25, 0.3) is 0 Å². The van der Waals surface area contributed by atoms with E-state index in [9.17, 15) is 10.1 Å². The van der Waals surface area contributed by atoms with Gasteiger partial charge in [0.15, 0.2) is 0 Å². The number of hydrogen-bond donors (Lipinski definition) is 0. The number of aliphatic imine (C=N–C) groups is 2. The third kappa shape index (κ3) is 2.43. The highest BCUT2D eigenvalue weighted by atomic mass is 35.5. The number of nitro groups is 1. The molecular formula is C17H14ClN3O3. The highest BCUT2D eigenvalue weighted by Crippen LogP contribution is 2.43. The standard InChI is InChI=1S/C17H14ClN3O3/c18-13-2-1-10(7-16(13)21(22)23)17-11-4-6-24-9-15(11)20-14-3-5-19-8-12(14)17/h1-2,4,6-8,12,17H,3,5,9H2. The van der Waals surface area contributed by atoms with Crippen molar-refractivity contribution in [3.05, 3.63) is 62.5 Å². The number of nitrogens with zero attached hydrogens (tertiary/aromatic N) is 3. The Morgan fingerprint density at radius 2 is 2.25 bits per heavy atom. The third-order valence-corrected chi connectivity index (χ3v) is 4.86. The Hall–Kier alpha value is -2.47. The van der Waals surface area contributed by atoms with Crippen LogP contribution in [0.4, 0.5) is 5.69 Å². The van der Waals surface area contributed by atoms with Crippen molar-refractivity contribution in [1.82, 2.24) is 0 Å². The number of halogens is 1. The molecule has 0 N–H and O–H groups in total. The fourth-order valence-electron chi connectivity index (χ4n) is 3.45. The highest BCUT2D eigenvalue weighted by Gasteiger charge is 2.36. The van der Waals surface area contributed by atoms with E-state index in [0.29, 0.717) is 6.61 Å². The number of ether oxygens (including phenoxy) is 1. The fourth-order valence-corrected chi connectivity index (χ4v) is 3.64. The smallest absolute Gasteiger partial charge is 0.288 e. The number of benzene rings is 1. The summed E-state index contributed by atoms with van der Waals surface area (Å²) >= 11 is 5.97. The normalized spacial score (nSPS) is 24.8. The molecule has 3 heterocycles. The van der Waals surface area contributed by atoms with E-state index in [0.717, 1.165) is 35.5 Å². The van der Waals surface area contributed by atoms with E-state index in [2.05, 4.69) is 4.99 Å². The molecule has 1 aromatic rings. The molecule has 0 aromatic heterocycles. The van der Waals surface area contributed by atoms with Crippen LogP contribution in [-0.2, 0) is 4.74 Å². The van der Waals surface area contributed by atoms with Crippen LogP contribution in [0.2, 0.25) is 5.02 Å².